The van der Waals surface area contributed by atoms with Crippen LogP contribution >= 0.6 is 0 Å². The standard InChI is InChI=1S/C6H11NO3/c7-6(5(9)10)2-1-4(8)3-6/h4,8H,1-3,7H2,(H,9,10)/t4-,6-/m1/s1. The summed E-state index contributed by atoms with van der Waals surface area (Å²) in [5.41, 5.74) is 4.27. The maximum atomic E-state index is 10.4. The van der Waals surface area contributed by atoms with Crippen LogP contribution in [-0.2, 0) is 4.79 Å². The van der Waals surface area contributed by atoms with Crippen molar-refractivity contribution in [2.75, 3.05) is 0 Å². The predicted molar refractivity (Wildman–Crippen MR) is 34.4 cm³/mol. The molecule has 58 valence electrons. The fourth-order valence-electron chi connectivity index (χ4n) is 1.24. The van der Waals surface area contributed by atoms with Crippen LogP contribution in [0.2, 0.25) is 0 Å². The zero-order chi connectivity index (χ0) is 7.78. The van der Waals surface area contributed by atoms with Crippen molar-refractivity contribution in [3.63, 3.8) is 0 Å². The van der Waals surface area contributed by atoms with Crippen LogP contribution in [0.15, 0.2) is 0 Å². The molecule has 0 aromatic rings. The van der Waals surface area contributed by atoms with Crippen LogP contribution in [0.25, 0.3) is 0 Å². The Bertz CT molecular complexity index is 159. The second-order valence-electron chi connectivity index (χ2n) is 2.86. The van der Waals surface area contributed by atoms with Crippen molar-refractivity contribution in [3.05, 3.63) is 0 Å². The molecule has 0 heterocycles. The Balaban J connectivity index is 2.63. The van der Waals surface area contributed by atoms with Crippen LogP contribution in [0.5, 0.6) is 0 Å². The van der Waals surface area contributed by atoms with Gasteiger partial charge in [0.05, 0.1) is 6.10 Å². The van der Waals surface area contributed by atoms with Gasteiger partial charge in [-0.15, -0.1) is 0 Å². The van der Waals surface area contributed by atoms with Crippen molar-refractivity contribution in [2.45, 2.75) is 30.9 Å². The second kappa shape index (κ2) is 2.21. The Morgan fingerprint density at radius 2 is 2.30 bits per heavy atom. The van der Waals surface area contributed by atoms with Gasteiger partial charge in [0.15, 0.2) is 0 Å². The molecule has 0 radical (unpaired) electrons. The number of aliphatic carboxylic acids is 1. The van der Waals surface area contributed by atoms with Gasteiger partial charge in [-0.05, 0) is 12.8 Å². The third kappa shape index (κ3) is 1.12. The zero-order valence-corrected chi connectivity index (χ0v) is 5.58. The monoisotopic (exact) mass is 145 g/mol. The third-order valence-corrected chi connectivity index (χ3v) is 1.95. The molecule has 10 heavy (non-hydrogen) atoms. The summed E-state index contributed by atoms with van der Waals surface area (Å²) in [5.74, 6) is -1.01. The summed E-state index contributed by atoms with van der Waals surface area (Å²) >= 11 is 0. The van der Waals surface area contributed by atoms with Crippen molar-refractivity contribution in [3.8, 4) is 0 Å². The highest BCUT2D eigenvalue weighted by atomic mass is 16.4. The fraction of sp³-hybridized carbons (Fsp3) is 0.833. The molecule has 1 saturated carbocycles. The molecule has 0 aromatic heterocycles. The first-order valence-corrected chi connectivity index (χ1v) is 3.25. The quantitative estimate of drug-likeness (QED) is 0.456. The van der Waals surface area contributed by atoms with E-state index in [-0.39, 0.29) is 6.42 Å². The minimum Gasteiger partial charge on any atom is -0.480 e. The van der Waals surface area contributed by atoms with Gasteiger partial charge in [-0.1, -0.05) is 0 Å². The van der Waals surface area contributed by atoms with Gasteiger partial charge < -0.3 is 15.9 Å². The first-order valence-electron chi connectivity index (χ1n) is 3.25. The van der Waals surface area contributed by atoms with Crippen molar-refractivity contribution in [2.24, 2.45) is 5.73 Å². The summed E-state index contributed by atoms with van der Waals surface area (Å²) in [6.45, 7) is 0. The van der Waals surface area contributed by atoms with E-state index in [2.05, 4.69) is 0 Å². The van der Waals surface area contributed by atoms with Crippen LogP contribution in [0.4, 0.5) is 0 Å². The molecular formula is C6H11NO3. The summed E-state index contributed by atoms with van der Waals surface area (Å²) in [7, 11) is 0. The number of rotatable bonds is 1. The molecule has 4 nitrogen and oxygen atoms in total. The Morgan fingerprint density at radius 3 is 2.50 bits per heavy atom. The zero-order valence-electron chi connectivity index (χ0n) is 5.58. The molecule has 0 unspecified atom stereocenters. The number of aliphatic hydroxyl groups excluding tert-OH is 1. The van der Waals surface area contributed by atoms with Gasteiger partial charge in [0.25, 0.3) is 0 Å². The molecule has 1 aliphatic carbocycles. The number of aliphatic hydroxyl groups is 1. The molecule has 0 saturated heterocycles. The third-order valence-electron chi connectivity index (χ3n) is 1.95. The van der Waals surface area contributed by atoms with Gasteiger partial charge in [-0.3, -0.25) is 4.79 Å². The Morgan fingerprint density at radius 1 is 1.70 bits per heavy atom. The second-order valence-corrected chi connectivity index (χ2v) is 2.86. The molecule has 4 N–H and O–H groups in total. The Hall–Kier alpha value is -0.610. The molecule has 1 rings (SSSR count). The molecule has 1 aliphatic rings. The van der Waals surface area contributed by atoms with Gasteiger partial charge >= 0.3 is 5.97 Å². The van der Waals surface area contributed by atoms with Gasteiger partial charge in [0, 0.05) is 6.42 Å². The van der Waals surface area contributed by atoms with Crippen LogP contribution in [0, 0.1) is 0 Å². The number of hydrogen-bond acceptors (Lipinski definition) is 3. The number of hydrogen-bond donors (Lipinski definition) is 3. The number of carboxylic acids is 1. The van der Waals surface area contributed by atoms with Crippen molar-refractivity contribution in [1.29, 1.82) is 0 Å². The van der Waals surface area contributed by atoms with Crippen molar-refractivity contribution >= 4 is 5.97 Å². The van der Waals surface area contributed by atoms with Gasteiger partial charge in [0.1, 0.15) is 5.54 Å². The van der Waals surface area contributed by atoms with E-state index in [1.807, 2.05) is 0 Å². The topological polar surface area (TPSA) is 83.6 Å². The van der Waals surface area contributed by atoms with Crippen molar-refractivity contribution < 1.29 is 15.0 Å². The average Bonchev–Trinajstić information content (AvgIpc) is 2.13. The Labute approximate surface area is 58.6 Å². The van der Waals surface area contributed by atoms with E-state index in [0.29, 0.717) is 12.8 Å². The smallest absolute Gasteiger partial charge is 0.323 e. The van der Waals surface area contributed by atoms with E-state index in [9.17, 15) is 4.79 Å². The van der Waals surface area contributed by atoms with Gasteiger partial charge in [0.2, 0.25) is 0 Å². The lowest BCUT2D eigenvalue weighted by Gasteiger charge is -2.16. The summed E-state index contributed by atoms with van der Waals surface area (Å²) in [6.07, 6.45) is 0.537. The molecule has 0 aromatic carbocycles. The van der Waals surface area contributed by atoms with E-state index >= 15 is 0 Å². The van der Waals surface area contributed by atoms with E-state index in [4.69, 9.17) is 15.9 Å². The molecule has 0 bridgehead atoms. The minimum absolute atomic E-state index is 0.183. The predicted octanol–water partition coefficient (Wildman–Crippen LogP) is -0.687. The number of carboxylic acid groups (broad SMARTS) is 1. The number of carbonyl (C=O) groups is 1. The highest BCUT2D eigenvalue weighted by molar-refractivity contribution is 5.78. The van der Waals surface area contributed by atoms with Crippen LogP contribution in [0.3, 0.4) is 0 Å². The maximum Gasteiger partial charge on any atom is 0.323 e. The highest BCUT2D eigenvalue weighted by Gasteiger charge is 2.41. The minimum atomic E-state index is -1.17. The average molecular weight is 145 g/mol. The molecule has 4 heteroatoms. The highest BCUT2D eigenvalue weighted by Crippen LogP contribution is 2.27. The lowest BCUT2D eigenvalue weighted by atomic mass is 10.00. The fourth-order valence-corrected chi connectivity index (χ4v) is 1.24. The van der Waals surface area contributed by atoms with Gasteiger partial charge in [-0.25, -0.2) is 0 Å². The lowest BCUT2D eigenvalue weighted by molar-refractivity contribution is -0.143. The lowest BCUT2D eigenvalue weighted by Crippen LogP contribution is -2.45. The first kappa shape index (κ1) is 7.50. The summed E-state index contributed by atoms with van der Waals surface area (Å²) < 4.78 is 0. The van der Waals surface area contributed by atoms with Crippen LogP contribution in [0.1, 0.15) is 19.3 Å². The van der Waals surface area contributed by atoms with Gasteiger partial charge in [-0.2, -0.15) is 0 Å². The Kier molecular flexibility index (Phi) is 1.66. The normalized spacial score (nSPS) is 40.0. The number of nitrogens with two attached hydrogens (primary N) is 1. The first-order chi connectivity index (χ1) is 4.54. The van der Waals surface area contributed by atoms with E-state index in [0.717, 1.165) is 0 Å². The molecule has 0 amide bonds. The molecule has 2 atom stereocenters. The van der Waals surface area contributed by atoms with E-state index < -0.39 is 17.6 Å². The van der Waals surface area contributed by atoms with E-state index in [1.165, 1.54) is 0 Å². The van der Waals surface area contributed by atoms with Crippen LogP contribution in [-0.4, -0.2) is 27.8 Å². The van der Waals surface area contributed by atoms with Crippen molar-refractivity contribution in [1.82, 2.24) is 0 Å². The molecule has 0 spiro atoms. The summed E-state index contributed by atoms with van der Waals surface area (Å²) in [4.78, 5) is 10.4. The summed E-state index contributed by atoms with van der Waals surface area (Å²) in [5, 5.41) is 17.5. The maximum absolute atomic E-state index is 10.4. The SMILES string of the molecule is N[C@]1(C(=O)O)CC[C@@H](O)C1. The summed E-state index contributed by atoms with van der Waals surface area (Å²) in [6, 6.07) is 0. The molecule has 0 aliphatic heterocycles. The van der Waals surface area contributed by atoms with Crippen LogP contribution < -0.4 is 5.73 Å². The van der Waals surface area contributed by atoms with E-state index in [1.54, 1.807) is 0 Å². The molecule has 1 fully saturated rings. The largest absolute Gasteiger partial charge is 0.480 e. The molecular weight excluding hydrogens is 134 g/mol.